The number of ether oxygens (including phenoxy) is 1. The van der Waals surface area contributed by atoms with Gasteiger partial charge in [0.1, 0.15) is 0 Å². The number of hydrogen-bond acceptors (Lipinski definition) is 3. The normalized spacial score (nSPS) is 19.5. The van der Waals surface area contributed by atoms with Crippen LogP contribution >= 0.6 is 0 Å². The van der Waals surface area contributed by atoms with Crippen molar-refractivity contribution in [2.24, 2.45) is 10.4 Å². The standard InChI is InChI=1S/C18H30N4O/c1-13(2)23-15-9-8-14(10-20-15)11-21-16(19-7)22-12-17(3,4)18(22,5)6/h8-10,13H,11-12H2,1-7H3,(H,19,21). The largest absolute Gasteiger partial charge is 0.475 e. The molecular weight excluding hydrogens is 288 g/mol. The van der Waals surface area contributed by atoms with E-state index in [4.69, 9.17) is 4.74 Å². The maximum atomic E-state index is 5.57. The van der Waals surface area contributed by atoms with Gasteiger partial charge >= 0.3 is 0 Å². The van der Waals surface area contributed by atoms with E-state index < -0.39 is 0 Å². The second-order valence-corrected chi connectivity index (χ2v) is 7.60. The van der Waals surface area contributed by atoms with Crippen LogP contribution in [0.4, 0.5) is 0 Å². The zero-order valence-corrected chi connectivity index (χ0v) is 15.5. The van der Waals surface area contributed by atoms with Gasteiger partial charge in [0, 0.05) is 43.4 Å². The minimum Gasteiger partial charge on any atom is -0.475 e. The van der Waals surface area contributed by atoms with Crippen LogP contribution in [0.1, 0.15) is 47.1 Å². The molecule has 0 saturated carbocycles. The monoisotopic (exact) mass is 318 g/mol. The minimum atomic E-state index is 0.0993. The molecule has 5 nitrogen and oxygen atoms in total. The number of hydrogen-bond donors (Lipinski definition) is 1. The first-order valence-electron chi connectivity index (χ1n) is 8.27. The Morgan fingerprint density at radius 1 is 1.35 bits per heavy atom. The average Bonchev–Trinajstić information content (AvgIpc) is 2.47. The highest BCUT2D eigenvalue weighted by Gasteiger charge is 2.53. The van der Waals surface area contributed by atoms with Gasteiger partial charge in [-0.15, -0.1) is 0 Å². The summed E-state index contributed by atoms with van der Waals surface area (Å²) < 4.78 is 5.57. The van der Waals surface area contributed by atoms with E-state index in [1.807, 2.05) is 39.2 Å². The summed E-state index contributed by atoms with van der Waals surface area (Å²) in [6, 6.07) is 3.95. The van der Waals surface area contributed by atoms with Crippen LogP contribution in [0.2, 0.25) is 0 Å². The first-order chi connectivity index (χ1) is 10.7. The fourth-order valence-electron chi connectivity index (χ4n) is 2.70. The molecule has 0 amide bonds. The van der Waals surface area contributed by atoms with E-state index in [-0.39, 0.29) is 11.6 Å². The van der Waals surface area contributed by atoms with Gasteiger partial charge in [-0.1, -0.05) is 19.9 Å². The Bertz CT molecular complexity index is 561. The van der Waals surface area contributed by atoms with Crippen LogP contribution in [0.15, 0.2) is 23.3 Å². The summed E-state index contributed by atoms with van der Waals surface area (Å²) in [5.41, 5.74) is 1.50. The Labute approximate surface area is 140 Å². The molecule has 1 saturated heterocycles. The molecule has 1 aromatic rings. The molecule has 23 heavy (non-hydrogen) atoms. The summed E-state index contributed by atoms with van der Waals surface area (Å²) >= 11 is 0. The fraction of sp³-hybridized carbons (Fsp3) is 0.667. The zero-order valence-electron chi connectivity index (χ0n) is 15.5. The van der Waals surface area contributed by atoms with E-state index in [0.717, 1.165) is 18.1 Å². The smallest absolute Gasteiger partial charge is 0.213 e. The molecule has 0 atom stereocenters. The summed E-state index contributed by atoms with van der Waals surface area (Å²) in [7, 11) is 1.83. The van der Waals surface area contributed by atoms with E-state index in [2.05, 4.69) is 47.9 Å². The van der Waals surface area contributed by atoms with Gasteiger partial charge in [0.2, 0.25) is 5.88 Å². The van der Waals surface area contributed by atoms with Crippen molar-refractivity contribution < 1.29 is 4.74 Å². The number of aromatic nitrogens is 1. The summed E-state index contributed by atoms with van der Waals surface area (Å²) in [6.07, 6.45) is 1.99. The lowest BCUT2D eigenvalue weighted by molar-refractivity contribution is -0.0667. The lowest BCUT2D eigenvalue weighted by Crippen LogP contribution is -2.72. The number of rotatable bonds is 4. The van der Waals surface area contributed by atoms with Crippen molar-refractivity contribution in [2.75, 3.05) is 13.6 Å². The predicted molar refractivity (Wildman–Crippen MR) is 94.8 cm³/mol. The van der Waals surface area contributed by atoms with E-state index in [1.54, 1.807) is 0 Å². The molecular formula is C18H30N4O. The number of nitrogens with one attached hydrogen (secondary N) is 1. The molecule has 1 aliphatic heterocycles. The zero-order chi connectivity index (χ0) is 17.3. The molecule has 5 heteroatoms. The number of likely N-dealkylation sites (tertiary alicyclic amines) is 1. The molecule has 0 spiro atoms. The number of nitrogens with zero attached hydrogens (tertiary/aromatic N) is 3. The molecule has 0 radical (unpaired) electrons. The van der Waals surface area contributed by atoms with Gasteiger partial charge in [0.25, 0.3) is 0 Å². The summed E-state index contributed by atoms with van der Waals surface area (Å²) in [5, 5.41) is 3.44. The quantitative estimate of drug-likeness (QED) is 0.685. The van der Waals surface area contributed by atoms with Crippen LogP contribution in [-0.4, -0.2) is 41.1 Å². The Balaban J connectivity index is 1.94. The van der Waals surface area contributed by atoms with Crippen molar-refractivity contribution in [3.05, 3.63) is 23.9 Å². The lowest BCUT2D eigenvalue weighted by atomic mass is 9.65. The first-order valence-corrected chi connectivity index (χ1v) is 8.27. The molecule has 1 N–H and O–H groups in total. The molecule has 1 aromatic heterocycles. The number of aliphatic imine (C=N–C) groups is 1. The average molecular weight is 318 g/mol. The Morgan fingerprint density at radius 3 is 2.48 bits per heavy atom. The highest BCUT2D eigenvalue weighted by atomic mass is 16.5. The third-order valence-corrected chi connectivity index (χ3v) is 4.96. The van der Waals surface area contributed by atoms with Gasteiger partial charge in [0.05, 0.1) is 6.10 Å². The Hall–Kier alpha value is -1.78. The molecule has 2 rings (SSSR count). The highest BCUT2D eigenvalue weighted by Crippen LogP contribution is 2.46. The summed E-state index contributed by atoms with van der Waals surface area (Å²) in [4.78, 5) is 11.1. The highest BCUT2D eigenvalue weighted by molar-refractivity contribution is 5.82. The van der Waals surface area contributed by atoms with E-state index in [1.165, 1.54) is 0 Å². The number of guanidine groups is 1. The van der Waals surface area contributed by atoms with Crippen LogP contribution in [0.5, 0.6) is 5.88 Å². The molecule has 1 aliphatic rings. The van der Waals surface area contributed by atoms with Crippen LogP contribution in [0.25, 0.3) is 0 Å². The SMILES string of the molecule is CN=C(NCc1ccc(OC(C)C)nc1)N1CC(C)(C)C1(C)C. The third kappa shape index (κ3) is 3.59. The van der Waals surface area contributed by atoms with Crippen molar-refractivity contribution in [3.63, 3.8) is 0 Å². The Kier molecular flexibility index (Phi) is 4.87. The van der Waals surface area contributed by atoms with Crippen molar-refractivity contribution in [3.8, 4) is 5.88 Å². The molecule has 1 fully saturated rings. The maximum absolute atomic E-state index is 5.57. The lowest BCUT2D eigenvalue weighted by Gasteiger charge is -2.62. The topological polar surface area (TPSA) is 49.8 Å². The second-order valence-electron chi connectivity index (χ2n) is 7.60. The summed E-state index contributed by atoms with van der Waals surface area (Å²) in [5.74, 6) is 1.61. The van der Waals surface area contributed by atoms with Crippen molar-refractivity contribution in [2.45, 2.75) is 59.7 Å². The molecule has 128 valence electrons. The van der Waals surface area contributed by atoms with Crippen LogP contribution in [0, 0.1) is 5.41 Å². The van der Waals surface area contributed by atoms with Crippen LogP contribution in [-0.2, 0) is 6.54 Å². The molecule has 0 aliphatic carbocycles. The third-order valence-electron chi connectivity index (χ3n) is 4.96. The fourth-order valence-corrected chi connectivity index (χ4v) is 2.70. The second kappa shape index (κ2) is 6.38. The minimum absolute atomic E-state index is 0.0993. The Morgan fingerprint density at radius 2 is 2.04 bits per heavy atom. The van der Waals surface area contributed by atoms with Crippen molar-refractivity contribution in [1.29, 1.82) is 0 Å². The molecule has 2 heterocycles. The molecule has 0 bridgehead atoms. The van der Waals surface area contributed by atoms with Crippen LogP contribution in [0.3, 0.4) is 0 Å². The van der Waals surface area contributed by atoms with Gasteiger partial charge in [0.15, 0.2) is 5.96 Å². The van der Waals surface area contributed by atoms with Gasteiger partial charge in [-0.25, -0.2) is 4.98 Å². The van der Waals surface area contributed by atoms with Gasteiger partial charge in [-0.2, -0.15) is 0 Å². The molecule has 0 aromatic carbocycles. The van der Waals surface area contributed by atoms with E-state index in [9.17, 15) is 0 Å². The van der Waals surface area contributed by atoms with Gasteiger partial charge in [-0.3, -0.25) is 4.99 Å². The van der Waals surface area contributed by atoms with E-state index >= 15 is 0 Å². The van der Waals surface area contributed by atoms with Crippen molar-refractivity contribution >= 4 is 5.96 Å². The first kappa shape index (κ1) is 17.6. The van der Waals surface area contributed by atoms with Gasteiger partial charge in [-0.05, 0) is 33.3 Å². The van der Waals surface area contributed by atoms with Gasteiger partial charge < -0.3 is 15.0 Å². The number of pyridine rings is 1. The maximum Gasteiger partial charge on any atom is 0.213 e. The predicted octanol–water partition coefficient (Wildman–Crippen LogP) is 3.06. The summed E-state index contributed by atoms with van der Waals surface area (Å²) in [6.45, 7) is 14.8. The van der Waals surface area contributed by atoms with E-state index in [0.29, 0.717) is 17.8 Å². The molecule has 0 unspecified atom stereocenters. The van der Waals surface area contributed by atoms with Crippen molar-refractivity contribution in [1.82, 2.24) is 15.2 Å². The van der Waals surface area contributed by atoms with Crippen LogP contribution < -0.4 is 10.1 Å².